The molecule has 2 aromatic rings. The van der Waals surface area contributed by atoms with Crippen LogP contribution in [0.25, 0.3) is 11.1 Å². The van der Waals surface area contributed by atoms with Crippen LogP contribution in [0.4, 0.5) is 0 Å². The second kappa shape index (κ2) is 7.40. The molecule has 2 heterocycles. The van der Waals surface area contributed by atoms with E-state index in [1.54, 1.807) is 0 Å². The molecule has 2 aromatic carbocycles. The van der Waals surface area contributed by atoms with Crippen LogP contribution in [-0.4, -0.2) is 41.5 Å². The highest BCUT2D eigenvalue weighted by Crippen LogP contribution is 2.25. The molecule has 0 aromatic heterocycles. The minimum atomic E-state index is 0.331. The first-order valence-corrected chi connectivity index (χ1v) is 9.46. The predicted octanol–water partition coefficient (Wildman–Crippen LogP) is 3.94. The molecular weight excluding hydrogens is 308 g/mol. The van der Waals surface area contributed by atoms with Gasteiger partial charge in [-0.05, 0) is 55.5 Å². The molecular formula is C22H26N2O. The summed E-state index contributed by atoms with van der Waals surface area (Å²) >= 11 is 0. The summed E-state index contributed by atoms with van der Waals surface area (Å²) in [6.07, 6.45) is 5.21. The van der Waals surface area contributed by atoms with Crippen LogP contribution in [0, 0.1) is 0 Å². The Hall–Kier alpha value is -2.13. The van der Waals surface area contributed by atoms with E-state index in [2.05, 4.69) is 58.3 Å². The van der Waals surface area contributed by atoms with Crippen LogP contribution in [0.1, 0.15) is 31.2 Å². The molecule has 2 saturated heterocycles. The predicted molar refractivity (Wildman–Crippen MR) is 101 cm³/mol. The van der Waals surface area contributed by atoms with Crippen molar-refractivity contribution in [1.29, 1.82) is 0 Å². The van der Waals surface area contributed by atoms with Crippen molar-refractivity contribution in [3.8, 4) is 11.1 Å². The van der Waals surface area contributed by atoms with Crippen molar-refractivity contribution in [2.24, 2.45) is 0 Å². The Morgan fingerprint density at radius 3 is 2.28 bits per heavy atom. The van der Waals surface area contributed by atoms with Gasteiger partial charge in [-0.3, -0.25) is 9.69 Å². The molecule has 1 atom stereocenters. The lowest BCUT2D eigenvalue weighted by atomic mass is 10.00. The van der Waals surface area contributed by atoms with E-state index in [1.165, 1.54) is 29.5 Å². The monoisotopic (exact) mass is 334 g/mol. The third-order valence-electron chi connectivity index (χ3n) is 5.54. The fraction of sp³-hybridized carbons (Fsp3) is 0.409. The van der Waals surface area contributed by atoms with Crippen molar-refractivity contribution in [1.82, 2.24) is 9.80 Å². The maximum Gasteiger partial charge on any atom is 0.223 e. The molecule has 2 aliphatic rings. The zero-order valence-electron chi connectivity index (χ0n) is 14.7. The molecule has 4 rings (SSSR count). The van der Waals surface area contributed by atoms with Gasteiger partial charge < -0.3 is 4.90 Å². The van der Waals surface area contributed by atoms with Crippen LogP contribution in [0.5, 0.6) is 0 Å². The van der Waals surface area contributed by atoms with Crippen molar-refractivity contribution in [3.05, 3.63) is 60.2 Å². The number of hydrogen-bond acceptors (Lipinski definition) is 2. The Balaban J connectivity index is 1.42. The van der Waals surface area contributed by atoms with Crippen LogP contribution in [0.3, 0.4) is 0 Å². The van der Waals surface area contributed by atoms with Crippen molar-refractivity contribution in [2.75, 3.05) is 19.8 Å². The van der Waals surface area contributed by atoms with Gasteiger partial charge in [-0.25, -0.2) is 0 Å². The van der Waals surface area contributed by atoms with E-state index in [9.17, 15) is 4.79 Å². The standard InChI is InChI=1S/C22H26N2O/c25-22-13-12-21(24(22)17-23-14-4-5-15-23)16-18-8-10-20(11-9-18)19-6-2-1-3-7-19/h1-3,6-11,21H,4-5,12-17H2. The number of benzene rings is 2. The number of carbonyl (C=O) groups is 1. The Morgan fingerprint density at radius 2 is 1.56 bits per heavy atom. The van der Waals surface area contributed by atoms with E-state index in [-0.39, 0.29) is 0 Å². The van der Waals surface area contributed by atoms with Gasteiger partial charge >= 0.3 is 0 Å². The van der Waals surface area contributed by atoms with E-state index in [0.29, 0.717) is 18.4 Å². The molecule has 130 valence electrons. The number of nitrogens with zero attached hydrogens (tertiary/aromatic N) is 2. The highest BCUT2D eigenvalue weighted by atomic mass is 16.2. The highest BCUT2D eigenvalue weighted by Gasteiger charge is 2.32. The summed E-state index contributed by atoms with van der Waals surface area (Å²) in [5.41, 5.74) is 3.83. The molecule has 2 fully saturated rings. The molecule has 3 nitrogen and oxygen atoms in total. The van der Waals surface area contributed by atoms with Gasteiger partial charge in [-0.1, -0.05) is 54.6 Å². The van der Waals surface area contributed by atoms with Gasteiger partial charge in [0.15, 0.2) is 0 Å². The SMILES string of the molecule is O=C1CCC(Cc2ccc(-c3ccccc3)cc2)N1CN1CCCC1. The van der Waals surface area contributed by atoms with Crippen LogP contribution < -0.4 is 0 Å². The summed E-state index contributed by atoms with van der Waals surface area (Å²) < 4.78 is 0. The van der Waals surface area contributed by atoms with Crippen molar-refractivity contribution in [3.63, 3.8) is 0 Å². The number of likely N-dealkylation sites (tertiary alicyclic amines) is 2. The van der Waals surface area contributed by atoms with Crippen molar-refractivity contribution in [2.45, 2.75) is 38.1 Å². The molecule has 0 aliphatic carbocycles. The Morgan fingerprint density at radius 1 is 0.880 bits per heavy atom. The average molecular weight is 334 g/mol. The lowest BCUT2D eigenvalue weighted by Crippen LogP contribution is -2.42. The Bertz CT molecular complexity index is 705. The quantitative estimate of drug-likeness (QED) is 0.827. The average Bonchev–Trinajstić information content (AvgIpc) is 3.29. The van der Waals surface area contributed by atoms with Gasteiger partial charge in [-0.15, -0.1) is 0 Å². The summed E-state index contributed by atoms with van der Waals surface area (Å²) in [6.45, 7) is 3.11. The first-order valence-electron chi connectivity index (χ1n) is 9.46. The van der Waals surface area contributed by atoms with E-state index >= 15 is 0 Å². The normalized spacial score (nSPS) is 21.2. The summed E-state index contributed by atoms with van der Waals surface area (Å²) in [5, 5.41) is 0. The van der Waals surface area contributed by atoms with Gasteiger partial charge in [0, 0.05) is 12.5 Å². The molecule has 0 saturated carbocycles. The highest BCUT2D eigenvalue weighted by molar-refractivity contribution is 5.78. The number of hydrogen-bond donors (Lipinski definition) is 0. The molecule has 2 aliphatic heterocycles. The minimum Gasteiger partial charge on any atom is -0.326 e. The summed E-state index contributed by atoms with van der Waals surface area (Å²) in [5.74, 6) is 0.331. The zero-order chi connectivity index (χ0) is 17.1. The third kappa shape index (κ3) is 3.77. The molecule has 3 heteroatoms. The van der Waals surface area contributed by atoms with Gasteiger partial charge in [-0.2, -0.15) is 0 Å². The van der Waals surface area contributed by atoms with E-state index < -0.39 is 0 Å². The smallest absolute Gasteiger partial charge is 0.223 e. The molecule has 0 bridgehead atoms. The Kier molecular flexibility index (Phi) is 4.84. The third-order valence-corrected chi connectivity index (χ3v) is 5.54. The maximum absolute atomic E-state index is 12.3. The largest absolute Gasteiger partial charge is 0.326 e. The molecule has 0 spiro atoms. The number of rotatable bonds is 5. The minimum absolute atomic E-state index is 0.331. The summed E-state index contributed by atoms with van der Waals surface area (Å²) in [6, 6.07) is 19.7. The van der Waals surface area contributed by atoms with Gasteiger partial charge in [0.2, 0.25) is 5.91 Å². The van der Waals surface area contributed by atoms with Gasteiger partial charge in [0.05, 0.1) is 6.67 Å². The fourth-order valence-electron chi connectivity index (χ4n) is 4.08. The van der Waals surface area contributed by atoms with E-state index in [1.807, 2.05) is 6.07 Å². The summed E-state index contributed by atoms with van der Waals surface area (Å²) in [4.78, 5) is 16.8. The summed E-state index contributed by atoms with van der Waals surface area (Å²) in [7, 11) is 0. The molecule has 0 radical (unpaired) electrons. The molecule has 0 N–H and O–H groups in total. The van der Waals surface area contributed by atoms with Crippen molar-refractivity contribution >= 4 is 5.91 Å². The van der Waals surface area contributed by atoms with Crippen LogP contribution >= 0.6 is 0 Å². The van der Waals surface area contributed by atoms with Crippen LogP contribution in [0.15, 0.2) is 54.6 Å². The second-order valence-corrected chi connectivity index (χ2v) is 7.29. The fourth-order valence-corrected chi connectivity index (χ4v) is 4.08. The molecule has 25 heavy (non-hydrogen) atoms. The van der Waals surface area contributed by atoms with Crippen LogP contribution in [-0.2, 0) is 11.2 Å². The van der Waals surface area contributed by atoms with Crippen molar-refractivity contribution < 1.29 is 4.79 Å². The maximum atomic E-state index is 12.3. The number of carbonyl (C=O) groups excluding carboxylic acids is 1. The lowest BCUT2D eigenvalue weighted by Gasteiger charge is -2.29. The van der Waals surface area contributed by atoms with E-state index in [0.717, 1.165) is 32.6 Å². The first kappa shape index (κ1) is 16.3. The van der Waals surface area contributed by atoms with Gasteiger partial charge in [0.1, 0.15) is 0 Å². The zero-order valence-corrected chi connectivity index (χ0v) is 14.7. The van der Waals surface area contributed by atoms with Gasteiger partial charge in [0.25, 0.3) is 0 Å². The molecule has 1 amide bonds. The van der Waals surface area contributed by atoms with E-state index in [4.69, 9.17) is 0 Å². The number of amides is 1. The van der Waals surface area contributed by atoms with Crippen LogP contribution in [0.2, 0.25) is 0 Å². The lowest BCUT2D eigenvalue weighted by molar-refractivity contribution is -0.130. The Labute approximate surface area is 150 Å². The molecule has 1 unspecified atom stereocenters. The first-order chi connectivity index (χ1) is 12.3. The second-order valence-electron chi connectivity index (χ2n) is 7.29. The topological polar surface area (TPSA) is 23.6 Å².